The Balaban J connectivity index is 2.43. The zero-order chi connectivity index (χ0) is 26.9. The van der Waals surface area contributed by atoms with Gasteiger partial charge >= 0.3 is 0 Å². The zero-order valence-electron chi connectivity index (χ0n) is 21.0. The number of carbonyl (C=O) groups is 2. The molecule has 0 saturated heterocycles. The van der Waals surface area contributed by atoms with Crippen molar-refractivity contribution in [2.24, 2.45) is 0 Å². The van der Waals surface area contributed by atoms with Gasteiger partial charge in [0, 0.05) is 23.1 Å². The maximum absolute atomic E-state index is 13.7. The molecule has 0 saturated carbocycles. The topological polar surface area (TPSA) is 96.0 Å². The second-order valence-electron chi connectivity index (χ2n) is 8.29. The van der Waals surface area contributed by atoms with Crippen molar-refractivity contribution in [3.05, 3.63) is 58.1 Å². The van der Waals surface area contributed by atoms with Gasteiger partial charge in [-0.1, -0.05) is 49.5 Å². The van der Waals surface area contributed by atoms with E-state index in [1.807, 2.05) is 6.92 Å². The predicted molar refractivity (Wildman–Crippen MR) is 144 cm³/mol. The lowest BCUT2D eigenvalue weighted by Gasteiger charge is -2.33. The van der Waals surface area contributed by atoms with Crippen LogP contribution in [0.15, 0.2) is 42.5 Å². The first-order valence-corrected chi connectivity index (χ1v) is 14.2. The van der Waals surface area contributed by atoms with Gasteiger partial charge in [-0.25, -0.2) is 8.42 Å². The maximum Gasteiger partial charge on any atom is 0.244 e. The number of hydrogen-bond donors (Lipinski definition) is 1. The first-order chi connectivity index (χ1) is 17.0. The molecule has 0 aliphatic carbocycles. The van der Waals surface area contributed by atoms with E-state index in [9.17, 15) is 18.0 Å². The molecule has 0 bridgehead atoms. The van der Waals surface area contributed by atoms with Crippen LogP contribution in [0.25, 0.3) is 0 Å². The lowest BCUT2D eigenvalue weighted by Crippen LogP contribution is -2.52. The molecule has 0 fully saturated rings. The van der Waals surface area contributed by atoms with Gasteiger partial charge in [0.2, 0.25) is 21.8 Å². The Morgan fingerprint density at radius 3 is 2.28 bits per heavy atom. The number of nitrogens with one attached hydrogen (secondary N) is 1. The van der Waals surface area contributed by atoms with E-state index in [0.29, 0.717) is 40.0 Å². The van der Waals surface area contributed by atoms with Crippen LogP contribution in [0, 0.1) is 0 Å². The number of carbonyl (C=O) groups excluding carboxylic acids is 2. The molecule has 2 aromatic rings. The first kappa shape index (κ1) is 29.7. The normalized spacial score (nSPS) is 12.1. The van der Waals surface area contributed by atoms with E-state index in [1.54, 1.807) is 49.4 Å². The van der Waals surface area contributed by atoms with E-state index >= 15 is 0 Å². The number of halogens is 2. The van der Waals surface area contributed by atoms with Crippen molar-refractivity contribution in [3.8, 4) is 5.75 Å². The van der Waals surface area contributed by atoms with Crippen molar-refractivity contribution >= 4 is 50.7 Å². The highest BCUT2D eigenvalue weighted by atomic mass is 35.5. The fourth-order valence-corrected chi connectivity index (χ4v) is 4.94. The minimum Gasteiger partial charge on any atom is -0.497 e. The summed E-state index contributed by atoms with van der Waals surface area (Å²) >= 11 is 12.4. The Kier molecular flexibility index (Phi) is 11.3. The number of nitrogens with zero attached hydrogens (tertiary/aromatic N) is 2. The number of methoxy groups -OCH3 is 1. The minimum absolute atomic E-state index is 0.00868. The maximum atomic E-state index is 13.7. The molecule has 2 aromatic carbocycles. The van der Waals surface area contributed by atoms with Crippen LogP contribution >= 0.6 is 23.2 Å². The standard InChI is InChI=1S/C25H33Cl2N3O5S/c1-5-7-14-28-25(32)23(6-2)29(16-18-8-9-19(26)15-22(18)27)24(31)17-30(36(4,33)34)20-10-12-21(35-3)13-11-20/h8-13,15,23H,5-7,14,16-17H2,1-4H3,(H,28,32)/t23-/m1/s1. The largest absolute Gasteiger partial charge is 0.497 e. The number of rotatable bonds is 13. The summed E-state index contributed by atoms with van der Waals surface area (Å²) in [5, 5.41) is 3.66. The molecule has 36 heavy (non-hydrogen) atoms. The SMILES string of the molecule is CCCCNC(=O)[C@@H](CC)N(Cc1ccc(Cl)cc1Cl)C(=O)CN(c1ccc(OC)cc1)S(C)(=O)=O. The summed E-state index contributed by atoms with van der Waals surface area (Å²) < 4.78 is 31.5. The average molecular weight is 559 g/mol. The van der Waals surface area contributed by atoms with Gasteiger partial charge < -0.3 is 15.0 Å². The molecule has 0 aliphatic rings. The molecule has 2 rings (SSSR count). The van der Waals surface area contributed by atoms with E-state index in [4.69, 9.17) is 27.9 Å². The van der Waals surface area contributed by atoms with Crippen LogP contribution in [-0.4, -0.2) is 57.6 Å². The molecule has 1 N–H and O–H groups in total. The van der Waals surface area contributed by atoms with Crippen molar-refractivity contribution in [2.75, 3.05) is 30.8 Å². The number of sulfonamides is 1. The van der Waals surface area contributed by atoms with Crippen molar-refractivity contribution < 1.29 is 22.7 Å². The van der Waals surface area contributed by atoms with Gasteiger partial charge in [-0.2, -0.15) is 0 Å². The molecule has 0 aromatic heterocycles. The monoisotopic (exact) mass is 557 g/mol. The fourth-order valence-electron chi connectivity index (χ4n) is 3.62. The van der Waals surface area contributed by atoms with Crippen LogP contribution in [0.3, 0.4) is 0 Å². The molecule has 1 atom stereocenters. The molecule has 11 heteroatoms. The van der Waals surface area contributed by atoms with Crippen LogP contribution in [0.1, 0.15) is 38.7 Å². The Labute approximate surface area is 223 Å². The highest BCUT2D eigenvalue weighted by molar-refractivity contribution is 7.92. The van der Waals surface area contributed by atoms with E-state index in [1.165, 1.54) is 12.0 Å². The molecule has 8 nitrogen and oxygen atoms in total. The molecule has 0 radical (unpaired) electrons. The van der Waals surface area contributed by atoms with Gasteiger partial charge in [0.05, 0.1) is 19.1 Å². The summed E-state index contributed by atoms with van der Waals surface area (Å²) in [5.41, 5.74) is 0.890. The van der Waals surface area contributed by atoms with Gasteiger partial charge in [-0.15, -0.1) is 0 Å². The van der Waals surface area contributed by atoms with Crippen molar-refractivity contribution in [1.29, 1.82) is 0 Å². The van der Waals surface area contributed by atoms with E-state index in [2.05, 4.69) is 5.32 Å². The van der Waals surface area contributed by atoms with Crippen molar-refractivity contribution in [2.45, 2.75) is 45.7 Å². The number of ether oxygens (including phenoxy) is 1. The highest BCUT2D eigenvalue weighted by Crippen LogP contribution is 2.25. The molecule has 2 amide bonds. The second kappa shape index (κ2) is 13.7. The lowest BCUT2D eigenvalue weighted by molar-refractivity contribution is -0.140. The molecule has 0 spiro atoms. The quantitative estimate of drug-likeness (QED) is 0.366. The summed E-state index contributed by atoms with van der Waals surface area (Å²) in [6.45, 7) is 3.81. The van der Waals surface area contributed by atoms with Gasteiger partial charge in [-0.05, 0) is 54.8 Å². The Morgan fingerprint density at radius 1 is 1.08 bits per heavy atom. The summed E-state index contributed by atoms with van der Waals surface area (Å²) in [5.74, 6) is -0.299. The molecular formula is C25H33Cl2N3O5S. The van der Waals surface area contributed by atoms with Crippen LogP contribution < -0.4 is 14.4 Å². The number of amides is 2. The number of anilines is 1. The van der Waals surface area contributed by atoms with Crippen LogP contribution in [0.2, 0.25) is 10.0 Å². The first-order valence-electron chi connectivity index (χ1n) is 11.6. The fraction of sp³-hybridized carbons (Fsp3) is 0.440. The van der Waals surface area contributed by atoms with Crippen LogP contribution in [0.5, 0.6) is 5.75 Å². The molecular weight excluding hydrogens is 525 g/mol. The third-order valence-electron chi connectivity index (χ3n) is 5.61. The molecule has 198 valence electrons. The third-order valence-corrected chi connectivity index (χ3v) is 7.34. The van der Waals surface area contributed by atoms with Gasteiger partial charge in [0.15, 0.2) is 0 Å². The zero-order valence-corrected chi connectivity index (χ0v) is 23.3. The highest BCUT2D eigenvalue weighted by Gasteiger charge is 2.32. The number of hydrogen-bond acceptors (Lipinski definition) is 5. The lowest BCUT2D eigenvalue weighted by atomic mass is 10.1. The van der Waals surface area contributed by atoms with Gasteiger partial charge in [0.1, 0.15) is 18.3 Å². The van der Waals surface area contributed by atoms with Crippen LogP contribution in [-0.2, 0) is 26.2 Å². The number of unbranched alkanes of at least 4 members (excludes halogenated alkanes) is 1. The van der Waals surface area contributed by atoms with Gasteiger partial charge in [0.25, 0.3) is 0 Å². The Hall–Kier alpha value is -2.49. The van der Waals surface area contributed by atoms with E-state index in [-0.39, 0.29) is 12.5 Å². The summed E-state index contributed by atoms with van der Waals surface area (Å²) in [6.07, 6.45) is 3.07. The van der Waals surface area contributed by atoms with Gasteiger partial charge in [-0.3, -0.25) is 13.9 Å². The summed E-state index contributed by atoms with van der Waals surface area (Å²) in [4.78, 5) is 28.1. The van der Waals surface area contributed by atoms with E-state index in [0.717, 1.165) is 23.4 Å². The van der Waals surface area contributed by atoms with Crippen molar-refractivity contribution in [1.82, 2.24) is 10.2 Å². The van der Waals surface area contributed by atoms with E-state index < -0.39 is 28.5 Å². The third kappa shape index (κ3) is 8.28. The van der Waals surface area contributed by atoms with Crippen molar-refractivity contribution in [3.63, 3.8) is 0 Å². The summed E-state index contributed by atoms with van der Waals surface area (Å²) in [6, 6.07) is 10.4. The Morgan fingerprint density at radius 2 is 1.75 bits per heavy atom. The number of benzene rings is 2. The minimum atomic E-state index is -3.82. The Bertz CT molecular complexity index is 1140. The predicted octanol–water partition coefficient (Wildman–Crippen LogP) is 4.49. The molecule has 0 heterocycles. The molecule has 0 aliphatic heterocycles. The second-order valence-corrected chi connectivity index (χ2v) is 11.0. The average Bonchev–Trinajstić information content (AvgIpc) is 2.83. The van der Waals surface area contributed by atoms with Crippen LogP contribution in [0.4, 0.5) is 5.69 Å². The summed E-state index contributed by atoms with van der Waals surface area (Å²) in [7, 11) is -2.32. The smallest absolute Gasteiger partial charge is 0.244 e. The molecule has 0 unspecified atom stereocenters.